The molecule has 0 saturated heterocycles. The summed E-state index contributed by atoms with van der Waals surface area (Å²) < 4.78 is 32.4. The first-order valence-corrected chi connectivity index (χ1v) is 7.65. The van der Waals surface area contributed by atoms with Gasteiger partial charge in [0.2, 0.25) is 0 Å². The van der Waals surface area contributed by atoms with Gasteiger partial charge in [0.25, 0.3) is 10.0 Å². The average molecular weight is 302 g/mol. The number of rotatable bonds is 5. The molecule has 0 aliphatic heterocycles. The predicted molar refractivity (Wildman–Crippen MR) is 79.1 cm³/mol. The largest absolute Gasteiger partial charge is 0.380 e. The maximum absolute atomic E-state index is 12.4. The van der Waals surface area contributed by atoms with Crippen molar-refractivity contribution in [3.05, 3.63) is 59.7 Å². The number of nitriles is 1. The van der Waals surface area contributed by atoms with Gasteiger partial charge in [0.15, 0.2) is 0 Å². The van der Waals surface area contributed by atoms with Crippen LogP contribution in [0.15, 0.2) is 53.4 Å². The SMILES string of the molecule is COCc1ccccc1NS(=O)(=O)c1ccccc1C#N. The van der Waals surface area contributed by atoms with E-state index in [1.54, 1.807) is 36.4 Å². The molecule has 6 heteroatoms. The Morgan fingerprint density at radius 2 is 1.81 bits per heavy atom. The van der Waals surface area contributed by atoms with Crippen LogP contribution in [-0.2, 0) is 21.4 Å². The summed E-state index contributed by atoms with van der Waals surface area (Å²) in [5, 5.41) is 9.02. The van der Waals surface area contributed by atoms with Crippen molar-refractivity contribution in [2.24, 2.45) is 0 Å². The molecular formula is C15H14N2O3S. The highest BCUT2D eigenvalue weighted by atomic mass is 32.2. The van der Waals surface area contributed by atoms with Gasteiger partial charge < -0.3 is 4.74 Å². The second-order valence-corrected chi connectivity index (χ2v) is 5.95. The highest BCUT2D eigenvalue weighted by Gasteiger charge is 2.19. The molecule has 0 bridgehead atoms. The van der Waals surface area contributed by atoms with Crippen LogP contribution < -0.4 is 4.72 Å². The van der Waals surface area contributed by atoms with E-state index in [9.17, 15) is 8.42 Å². The van der Waals surface area contributed by atoms with E-state index in [-0.39, 0.29) is 10.5 Å². The molecule has 0 aromatic heterocycles. The molecule has 2 aromatic rings. The molecule has 0 aliphatic rings. The fourth-order valence-corrected chi connectivity index (χ4v) is 3.15. The number of benzene rings is 2. The molecule has 0 radical (unpaired) electrons. The highest BCUT2D eigenvalue weighted by Crippen LogP contribution is 2.22. The molecule has 0 amide bonds. The Hall–Kier alpha value is -2.36. The third-order valence-electron chi connectivity index (χ3n) is 2.86. The van der Waals surface area contributed by atoms with Crippen molar-refractivity contribution in [1.82, 2.24) is 0 Å². The third kappa shape index (κ3) is 3.40. The van der Waals surface area contributed by atoms with Crippen LogP contribution in [0, 0.1) is 11.3 Å². The molecular weight excluding hydrogens is 288 g/mol. The van der Waals surface area contributed by atoms with Crippen LogP contribution >= 0.6 is 0 Å². The zero-order valence-electron chi connectivity index (χ0n) is 11.4. The zero-order chi connectivity index (χ0) is 15.3. The van der Waals surface area contributed by atoms with Gasteiger partial charge >= 0.3 is 0 Å². The molecule has 0 fully saturated rings. The van der Waals surface area contributed by atoms with E-state index in [1.807, 2.05) is 6.07 Å². The predicted octanol–water partition coefficient (Wildman–Crippen LogP) is 2.51. The van der Waals surface area contributed by atoms with Gasteiger partial charge in [-0.3, -0.25) is 4.72 Å². The lowest BCUT2D eigenvalue weighted by molar-refractivity contribution is 0.185. The van der Waals surface area contributed by atoms with Crippen LogP contribution in [-0.4, -0.2) is 15.5 Å². The number of nitrogens with one attached hydrogen (secondary N) is 1. The number of nitrogens with zero attached hydrogens (tertiary/aromatic N) is 1. The van der Waals surface area contributed by atoms with Gasteiger partial charge in [-0.15, -0.1) is 0 Å². The molecule has 0 aliphatic carbocycles. The molecule has 0 saturated carbocycles. The summed E-state index contributed by atoms with van der Waals surface area (Å²) in [5.74, 6) is 0. The Balaban J connectivity index is 2.41. The molecule has 2 aromatic carbocycles. The first kappa shape index (κ1) is 15.0. The monoisotopic (exact) mass is 302 g/mol. The summed E-state index contributed by atoms with van der Waals surface area (Å²) in [6, 6.07) is 14.9. The van der Waals surface area contributed by atoms with E-state index in [1.165, 1.54) is 19.2 Å². The van der Waals surface area contributed by atoms with Gasteiger partial charge in [0.1, 0.15) is 11.0 Å². The summed E-state index contributed by atoms with van der Waals surface area (Å²) >= 11 is 0. The molecule has 2 rings (SSSR count). The molecule has 0 heterocycles. The number of methoxy groups -OCH3 is 1. The molecule has 1 N–H and O–H groups in total. The third-order valence-corrected chi connectivity index (χ3v) is 4.28. The first-order valence-electron chi connectivity index (χ1n) is 6.17. The lowest BCUT2D eigenvalue weighted by Gasteiger charge is -2.12. The van der Waals surface area contributed by atoms with E-state index in [2.05, 4.69) is 4.72 Å². The molecule has 5 nitrogen and oxygen atoms in total. The van der Waals surface area contributed by atoms with Gasteiger partial charge in [0, 0.05) is 12.7 Å². The van der Waals surface area contributed by atoms with E-state index < -0.39 is 10.0 Å². The summed E-state index contributed by atoms with van der Waals surface area (Å²) in [4.78, 5) is -0.0419. The van der Waals surface area contributed by atoms with Crippen molar-refractivity contribution in [3.63, 3.8) is 0 Å². The van der Waals surface area contributed by atoms with Crippen molar-refractivity contribution in [2.45, 2.75) is 11.5 Å². The molecule has 0 atom stereocenters. The molecule has 21 heavy (non-hydrogen) atoms. The van der Waals surface area contributed by atoms with Gasteiger partial charge in [-0.1, -0.05) is 30.3 Å². The molecule has 108 valence electrons. The first-order chi connectivity index (χ1) is 10.1. The quantitative estimate of drug-likeness (QED) is 0.920. The number of hydrogen-bond acceptors (Lipinski definition) is 4. The maximum atomic E-state index is 12.4. The fraction of sp³-hybridized carbons (Fsp3) is 0.133. The molecule has 0 unspecified atom stereocenters. The Bertz CT molecular complexity index is 780. The Labute approximate surface area is 123 Å². The van der Waals surface area contributed by atoms with Gasteiger partial charge in [-0.2, -0.15) is 5.26 Å². The van der Waals surface area contributed by atoms with E-state index in [0.29, 0.717) is 12.3 Å². The lowest BCUT2D eigenvalue weighted by atomic mass is 10.2. The van der Waals surface area contributed by atoms with E-state index in [4.69, 9.17) is 10.00 Å². The normalized spacial score (nSPS) is 10.9. The zero-order valence-corrected chi connectivity index (χ0v) is 12.2. The van der Waals surface area contributed by atoms with Crippen LogP contribution in [0.2, 0.25) is 0 Å². The van der Waals surface area contributed by atoms with Crippen LogP contribution in [0.5, 0.6) is 0 Å². The average Bonchev–Trinajstić information content (AvgIpc) is 2.49. The summed E-state index contributed by atoms with van der Waals surface area (Å²) in [5.41, 5.74) is 1.26. The van der Waals surface area contributed by atoms with Gasteiger partial charge in [-0.05, 0) is 18.2 Å². The summed E-state index contributed by atoms with van der Waals surface area (Å²) in [6.07, 6.45) is 0. The topological polar surface area (TPSA) is 79.2 Å². The van der Waals surface area contributed by atoms with Crippen molar-refractivity contribution in [3.8, 4) is 6.07 Å². The van der Waals surface area contributed by atoms with Crippen LogP contribution in [0.1, 0.15) is 11.1 Å². The van der Waals surface area contributed by atoms with Gasteiger partial charge in [0.05, 0.1) is 17.9 Å². The van der Waals surface area contributed by atoms with Crippen molar-refractivity contribution < 1.29 is 13.2 Å². The van der Waals surface area contributed by atoms with Crippen molar-refractivity contribution >= 4 is 15.7 Å². The maximum Gasteiger partial charge on any atom is 0.263 e. The number of anilines is 1. The Morgan fingerprint density at radius 1 is 1.14 bits per heavy atom. The number of para-hydroxylation sites is 1. The molecule has 0 spiro atoms. The van der Waals surface area contributed by atoms with Crippen LogP contribution in [0.4, 0.5) is 5.69 Å². The van der Waals surface area contributed by atoms with Crippen LogP contribution in [0.25, 0.3) is 0 Å². The lowest BCUT2D eigenvalue weighted by Crippen LogP contribution is -2.15. The van der Waals surface area contributed by atoms with E-state index >= 15 is 0 Å². The van der Waals surface area contributed by atoms with Gasteiger partial charge in [-0.25, -0.2) is 8.42 Å². The minimum absolute atomic E-state index is 0.0419. The van der Waals surface area contributed by atoms with Crippen molar-refractivity contribution in [2.75, 3.05) is 11.8 Å². The second-order valence-electron chi connectivity index (χ2n) is 4.30. The number of ether oxygens (including phenoxy) is 1. The Morgan fingerprint density at radius 3 is 2.52 bits per heavy atom. The van der Waals surface area contributed by atoms with E-state index in [0.717, 1.165) is 5.56 Å². The minimum atomic E-state index is -3.82. The standard InChI is InChI=1S/C15H14N2O3S/c1-20-11-13-7-2-4-8-14(13)17-21(18,19)15-9-5-3-6-12(15)10-16/h2-9,17H,11H2,1H3. The number of hydrogen-bond donors (Lipinski definition) is 1. The van der Waals surface area contributed by atoms with Crippen molar-refractivity contribution in [1.29, 1.82) is 5.26 Å². The second kappa shape index (κ2) is 6.39. The fourth-order valence-electron chi connectivity index (χ4n) is 1.89. The number of sulfonamides is 1. The smallest absolute Gasteiger partial charge is 0.263 e. The van der Waals surface area contributed by atoms with Crippen LogP contribution in [0.3, 0.4) is 0 Å². The highest BCUT2D eigenvalue weighted by molar-refractivity contribution is 7.92. The summed E-state index contributed by atoms with van der Waals surface area (Å²) in [6.45, 7) is 0.290. The Kier molecular flexibility index (Phi) is 4.58. The summed E-state index contributed by atoms with van der Waals surface area (Å²) in [7, 11) is -2.29. The minimum Gasteiger partial charge on any atom is -0.380 e.